The highest BCUT2D eigenvalue weighted by atomic mass is 16.3. The molecule has 0 spiro atoms. The van der Waals surface area contributed by atoms with E-state index in [4.69, 9.17) is 10.8 Å². The number of aliphatic hydroxyl groups excluding tert-OH is 1. The second kappa shape index (κ2) is 4.12. The van der Waals surface area contributed by atoms with Crippen molar-refractivity contribution in [3.8, 4) is 0 Å². The molecular weight excluding hydrogens is 150 g/mol. The van der Waals surface area contributed by atoms with Gasteiger partial charge < -0.3 is 10.8 Å². The quantitative estimate of drug-likeness (QED) is 0.668. The van der Waals surface area contributed by atoms with Crippen molar-refractivity contribution in [3.05, 3.63) is 29.8 Å². The molecule has 0 aliphatic carbocycles. The van der Waals surface area contributed by atoms with Crippen LogP contribution in [0.15, 0.2) is 24.3 Å². The van der Waals surface area contributed by atoms with Crippen molar-refractivity contribution < 1.29 is 5.11 Å². The van der Waals surface area contributed by atoms with E-state index in [0.29, 0.717) is 0 Å². The van der Waals surface area contributed by atoms with Crippen LogP contribution in [0.4, 0.5) is 5.69 Å². The van der Waals surface area contributed by atoms with Gasteiger partial charge in [0.05, 0.1) is 6.10 Å². The lowest BCUT2D eigenvalue weighted by molar-refractivity contribution is 0.185. The number of benzene rings is 1. The molecule has 2 heteroatoms. The zero-order valence-corrected chi connectivity index (χ0v) is 7.33. The number of aryl methyl sites for hydroxylation is 1. The molecule has 0 unspecified atom stereocenters. The highest BCUT2D eigenvalue weighted by molar-refractivity contribution is 5.39. The van der Waals surface area contributed by atoms with Crippen molar-refractivity contribution in [2.24, 2.45) is 0 Å². The van der Waals surface area contributed by atoms with Crippen LogP contribution in [0.2, 0.25) is 0 Å². The number of nitrogens with two attached hydrogens (primary N) is 1. The van der Waals surface area contributed by atoms with Gasteiger partial charge in [0.15, 0.2) is 0 Å². The standard InChI is InChI=1S/C10H15NO/c1-8(12)2-3-9-4-6-10(11)7-5-9/h4-8,12H,2-3,11H2,1H3/t8-/m0/s1. The maximum Gasteiger partial charge on any atom is 0.0515 e. The molecule has 0 aliphatic heterocycles. The average molecular weight is 165 g/mol. The van der Waals surface area contributed by atoms with Crippen LogP contribution in [0.3, 0.4) is 0 Å². The first-order valence-electron chi connectivity index (χ1n) is 4.21. The normalized spacial score (nSPS) is 12.8. The van der Waals surface area contributed by atoms with E-state index in [2.05, 4.69) is 0 Å². The van der Waals surface area contributed by atoms with Crippen LogP contribution < -0.4 is 5.73 Å². The second-order valence-corrected chi connectivity index (χ2v) is 3.13. The molecule has 12 heavy (non-hydrogen) atoms. The highest BCUT2D eigenvalue weighted by Crippen LogP contribution is 2.08. The Morgan fingerprint density at radius 2 is 1.92 bits per heavy atom. The van der Waals surface area contributed by atoms with Crippen molar-refractivity contribution in [1.82, 2.24) is 0 Å². The number of anilines is 1. The maximum absolute atomic E-state index is 9.04. The molecule has 0 amide bonds. The predicted molar refractivity (Wildman–Crippen MR) is 50.9 cm³/mol. The van der Waals surface area contributed by atoms with Crippen LogP contribution in [-0.2, 0) is 6.42 Å². The van der Waals surface area contributed by atoms with Gasteiger partial charge in [-0.1, -0.05) is 12.1 Å². The second-order valence-electron chi connectivity index (χ2n) is 3.13. The smallest absolute Gasteiger partial charge is 0.0515 e. The van der Waals surface area contributed by atoms with E-state index < -0.39 is 0 Å². The molecule has 0 radical (unpaired) electrons. The number of hydrogen-bond acceptors (Lipinski definition) is 2. The molecule has 3 N–H and O–H groups in total. The maximum atomic E-state index is 9.04. The molecule has 1 aromatic carbocycles. The number of rotatable bonds is 3. The Morgan fingerprint density at radius 3 is 2.42 bits per heavy atom. The van der Waals surface area contributed by atoms with Gasteiger partial charge in [-0.25, -0.2) is 0 Å². The van der Waals surface area contributed by atoms with Crippen LogP contribution >= 0.6 is 0 Å². The molecular formula is C10H15NO. The zero-order chi connectivity index (χ0) is 8.97. The summed E-state index contributed by atoms with van der Waals surface area (Å²) in [5, 5.41) is 9.04. The van der Waals surface area contributed by atoms with E-state index in [0.717, 1.165) is 18.5 Å². The predicted octanol–water partition coefficient (Wildman–Crippen LogP) is 1.58. The summed E-state index contributed by atoms with van der Waals surface area (Å²) in [5.41, 5.74) is 7.55. The molecule has 0 aliphatic rings. The molecule has 1 atom stereocenters. The van der Waals surface area contributed by atoms with E-state index in [1.165, 1.54) is 5.56 Å². The lowest BCUT2D eigenvalue weighted by Crippen LogP contribution is -2.01. The molecule has 0 bridgehead atoms. The Balaban J connectivity index is 2.48. The first kappa shape index (κ1) is 9.07. The third-order valence-electron chi connectivity index (χ3n) is 1.83. The fraction of sp³-hybridized carbons (Fsp3) is 0.400. The van der Waals surface area contributed by atoms with Gasteiger partial charge in [0.2, 0.25) is 0 Å². The third kappa shape index (κ3) is 2.93. The average Bonchev–Trinajstić information content (AvgIpc) is 2.03. The van der Waals surface area contributed by atoms with Gasteiger partial charge in [0.1, 0.15) is 0 Å². The molecule has 0 saturated carbocycles. The summed E-state index contributed by atoms with van der Waals surface area (Å²) >= 11 is 0. The summed E-state index contributed by atoms with van der Waals surface area (Å²) in [7, 11) is 0. The molecule has 0 fully saturated rings. The monoisotopic (exact) mass is 165 g/mol. The zero-order valence-electron chi connectivity index (χ0n) is 7.33. The fourth-order valence-corrected chi connectivity index (χ4v) is 1.06. The van der Waals surface area contributed by atoms with E-state index in [1.807, 2.05) is 24.3 Å². The topological polar surface area (TPSA) is 46.2 Å². The number of nitrogen functional groups attached to an aromatic ring is 1. The van der Waals surface area contributed by atoms with Crippen LogP contribution in [-0.4, -0.2) is 11.2 Å². The number of aliphatic hydroxyl groups is 1. The molecule has 2 nitrogen and oxygen atoms in total. The van der Waals surface area contributed by atoms with Crippen molar-refractivity contribution in [3.63, 3.8) is 0 Å². The van der Waals surface area contributed by atoms with Gasteiger partial charge in [-0.3, -0.25) is 0 Å². The van der Waals surface area contributed by atoms with E-state index in [-0.39, 0.29) is 6.10 Å². The van der Waals surface area contributed by atoms with Crippen LogP contribution in [0, 0.1) is 0 Å². The Morgan fingerprint density at radius 1 is 1.33 bits per heavy atom. The first-order chi connectivity index (χ1) is 5.68. The SMILES string of the molecule is C[C@H](O)CCc1ccc(N)cc1. The summed E-state index contributed by atoms with van der Waals surface area (Å²) in [6.07, 6.45) is 1.50. The van der Waals surface area contributed by atoms with Gasteiger partial charge >= 0.3 is 0 Å². The first-order valence-corrected chi connectivity index (χ1v) is 4.21. The van der Waals surface area contributed by atoms with Crippen molar-refractivity contribution in [1.29, 1.82) is 0 Å². The van der Waals surface area contributed by atoms with Crippen molar-refractivity contribution in [2.45, 2.75) is 25.9 Å². The van der Waals surface area contributed by atoms with Crippen molar-refractivity contribution in [2.75, 3.05) is 5.73 Å². The lowest BCUT2D eigenvalue weighted by atomic mass is 10.1. The highest BCUT2D eigenvalue weighted by Gasteiger charge is 1.96. The summed E-state index contributed by atoms with van der Waals surface area (Å²) in [5.74, 6) is 0. The summed E-state index contributed by atoms with van der Waals surface area (Å²) in [6, 6.07) is 7.77. The minimum Gasteiger partial charge on any atom is -0.399 e. The van der Waals surface area contributed by atoms with E-state index >= 15 is 0 Å². The Kier molecular flexibility index (Phi) is 3.11. The molecule has 1 rings (SSSR count). The van der Waals surface area contributed by atoms with Gasteiger partial charge in [-0.15, -0.1) is 0 Å². The Hall–Kier alpha value is -1.02. The van der Waals surface area contributed by atoms with Crippen LogP contribution in [0.1, 0.15) is 18.9 Å². The molecule has 1 aromatic rings. The van der Waals surface area contributed by atoms with E-state index in [1.54, 1.807) is 6.92 Å². The molecule has 0 heterocycles. The van der Waals surface area contributed by atoms with Gasteiger partial charge in [-0.2, -0.15) is 0 Å². The van der Waals surface area contributed by atoms with Crippen LogP contribution in [0.25, 0.3) is 0 Å². The Bertz CT molecular complexity index is 228. The minimum atomic E-state index is -0.220. The molecule has 0 saturated heterocycles. The lowest BCUT2D eigenvalue weighted by Gasteiger charge is -2.03. The third-order valence-corrected chi connectivity index (χ3v) is 1.83. The Labute approximate surface area is 73.0 Å². The van der Waals surface area contributed by atoms with Gasteiger partial charge in [0, 0.05) is 5.69 Å². The minimum absolute atomic E-state index is 0.220. The van der Waals surface area contributed by atoms with Gasteiger partial charge in [-0.05, 0) is 37.5 Å². The summed E-state index contributed by atoms with van der Waals surface area (Å²) < 4.78 is 0. The number of hydrogen-bond donors (Lipinski definition) is 2. The van der Waals surface area contributed by atoms with E-state index in [9.17, 15) is 0 Å². The molecule has 0 aromatic heterocycles. The van der Waals surface area contributed by atoms with Crippen LogP contribution in [0.5, 0.6) is 0 Å². The summed E-state index contributed by atoms with van der Waals surface area (Å²) in [6.45, 7) is 1.80. The summed E-state index contributed by atoms with van der Waals surface area (Å²) in [4.78, 5) is 0. The van der Waals surface area contributed by atoms with Gasteiger partial charge in [0.25, 0.3) is 0 Å². The fourth-order valence-electron chi connectivity index (χ4n) is 1.06. The molecule has 66 valence electrons. The van der Waals surface area contributed by atoms with Crippen molar-refractivity contribution >= 4 is 5.69 Å². The largest absolute Gasteiger partial charge is 0.399 e.